The molecule has 38 heavy (non-hydrogen) atoms. The van der Waals surface area contributed by atoms with E-state index in [1.807, 2.05) is 58.0 Å². The molecular formula is C27H38ClN7O3. The molecule has 0 spiro atoms. The van der Waals surface area contributed by atoms with E-state index < -0.39 is 17.6 Å². The summed E-state index contributed by atoms with van der Waals surface area (Å²) < 4.78 is 0. The highest BCUT2D eigenvalue weighted by atomic mass is 35.5. The minimum atomic E-state index is -0.671. The number of piperazine rings is 1. The number of nitrogens with two attached hydrogens (primary N) is 1. The lowest BCUT2D eigenvalue weighted by Crippen LogP contribution is -2.57. The van der Waals surface area contributed by atoms with E-state index in [1.54, 1.807) is 4.90 Å². The first-order valence-corrected chi connectivity index (χ1v) is 13.4. The van der Waals surface area contributed by atoms with E-state index in [2.05, 4.69) is 25.3 Å². The molecule has 3 atom stereocenters. The van der Waals surface area contributed by atoms with Crippen LogP contribution in [0.2, 0.25) is 5.02 Å². The van der Waals surface area contributed by atoms with E-state index >= 15 is 0 Å². The van der Waals surface area contributed by atoms with Gasteiger partial charge in [0.05, 0.1) is 29.1 Å². The summed E-state index contributed by atoms with van der Waals surface area (Å²) in [7, 11) is 0. The summed E-state index contributed by atoms with van der Waals surface area (Å²) in [6.45, 7) is 10.9. The van der Waals surface area contributed by atoms with E-state index in [0.29, 0.717) is 55.7 Å². The number of benzene rings is 1. The number of halogens is 1. The Balaban J connectivity index is 1.36. The van der Waals surface area contributed by atoms with Crippen molar-refractivity contribution in [3.8, 4) is 11.3 Å². The van der Waals surface area contributed by atoms with E-state index in [1.165, 1.54) is 0 Å². The van der Waals surface area contributed by atoms with Crippen LogP contribution in [0.4, 0.5) is 11.5 Å². The van der Waals surface area contributed by atoms with Crippen LogP contribution in [0, 0.1) is 5.41 Å². The lowest BCUT2D eigenvalue weighted by molar-refractivity contribution is -0.140. The molecule has 11 heteroatoms. The molecule has 0 bridgehead atoms. The molecule has 2 aliphatic rings. The normalized spacial score (nSPS) is 21.4. The van der Waals surface area contributed by atoms with Crippen molar-refractivity contribution in [1.82, 2.24) is 25.3 Å². The molecule has 2 aromatic rings. The predicted octanol–water partition coefficient (Wildman–Crippen LogP) is 2.01. The van der Waals surface area contributed by atoms with Crippen LogP contribution in [-0.4, -0.2) is 94.4 Å². The highest BCUT2D eigenvalue weighted by molar-refractivity contribution is 6.33. The summed E-state index contributed by atoms with van der Waals surface area (Å²) in [5.41, 5.74) is 7.93. The lowest BCUT2D eigenvalue weighted by atomic mass is 9.85. The number of carbonyl (C=O) groups excluding carboxylic acids is 2. The Morgan fingerprint density at radius 2 is 1.87 bits per heavy atom. The summed E-state index contributed by atoms with van der Waals surface area (Å²) in [6, 6.07) is 8.65. The maximum Gasteiger partial charge on any atom is 0.246 e. The number of aromatic nitrogens is 2. The smallest absolute Gasteiger partial charge is 0.246 e. The van der Waals surface area contributed by atoms with Gasteiger partial charge in [-0.2, -0.15) is 0 Å². The van der Waals surface area contributed by atoms with Crippen molar-refractivity contribution in [3.05, 3.63) is 35.4 Å². The number of aliphatic hydroxyl groups is 1. The van der Waals surface area contributed by atoms with Crippen LogP contribution >= 0.6 is 11.6 Å². The summed E-state index contributed by atoms with van der Waals surface area (Å²) in [5.74, 6) is 0.0136. The van der Waals surface area contributed by atoms with Gasteiger partial charge in [0.25, 0.3) is 0 Å². The molecule has 1 aromatic carbocycles. The van der Waals surface area contributed by atoms with E-state index in [-0.39, 0.29) is 24.4 Å². The molecular weight excluding hydrogens is 506 g/mol. The third-order valence-corrected chi connectivity index (χ3v) is 7.62. The maximum absolute atomic E-state index is 13.3. The largest absolute Gasteiger partial charge is 0.391 e. The Kier molecular flexibility index (Phi) is 8.44. The molecule has 4 N–H and O–H groups in total. The van der Waals surface area contributed by atoms with Crippen molar-refractivity contribution in [1.29, 1.82) is 0 Å². The van der Waals surface area contributed by atoms with Gasteiger partial charge in [-0.15, -0.1) is 10.2 Å². The molecule has 206 valence electrons. The average molecular weight is 544 g/mol. The van der Waals surface area contributed by atoms with Gasteiger partial charge < -0.3 is 26.0 Å². The first kappa shape index (κ1) is 28.1. The molecule has 0 unspecified atom stereocenters. The third-order valence-electron chi connectivity index (χ3n) is 7.29. The zero-order valence-electron chi connectivity index (χ0n) is 22.5. The number of nitrogen functional groups attached to an aromatic ring is 1. The van der Waals surface area contributed by atoms with Crippen molar-refractivity contribution in [2.24, 2.45) is 5.41 Å². The summed E-state index contributed by atoms with van der Waals surface area (Å²) in [6.07, 6.45) is 0.0325. The Hall–Kier alpha value is -2.95. The number of carbonyl (C=O) groups is 2. The van der Waals surface area contributed by atoms with Crippen molar-refractivity contribution >= 4 is 34.9 Å². The van der Waals surface area contributed by atoms with Gasteiger partial charge in [-0.1, -0.05) is 50.6 Å². The molecule has 4 rings (SSSR count). The van der Waals surface area contributed by atoms with Gasteiger partial charge in [-0.3, -0.25) is 14.5 Å². The van der Waals surface area contributed by atoms with E-state index in [0.717, 1.165) is 11.3 Å². The van der Waals surface area contributed by atoms with E-state index in [4.69, 9.17) is 17.3 Å². The number of hydrogen-bond acceptors (Lipinski definition) is 8. The minimum absolute atomic E-state index is 0.0547. The lowest BCUT2D eigenvalue weighted by Gasteiger charge is -2.37. The number of nitrogens with one attached hydrogen (secondary N) is 1. The fourth-order valence-electron chi connectivity index (χ4n) is 5.13. The van der Waals surface area contributed by atoms with Crippen LogP contribution in [0.15, 0.2) is 30.3 Å². The quantitative estimate of drug-likeness (QED) is 0.505. The molecule has 2 amide bonds. The molecule has 2 fully saturated rings. The first-order chi connectivity index (χ1) is 17.9. The Bertz CT molecular complexity index is 1160. The monoisotopic (exact) mass is 543 g/mol. The first-order valence-electron chi connectivity index (χ1n) is 13.1. The molecule has 2 saturated heterocycles. The van der Waals surface area contributed by atoms with Crippen LogP contribution < -0.4 is 16.0 Å². The van der Waals surface area contributed by atoms with Gasteiger partial charge in [0, 0.05) is 44.3 Å². The average Bonchev–Trinajstić information content (AvgIpc) is 3.20. The maximum atomic E-state index is 13.3. The SMILES string of the molecule is C[C@@H]1C[C@@H](O)CN1C(=O)[C@@H](NC(=O)CN1CCN(c2cc(-c3ccccc3Cl)nnc2N)CC1)C(C)(C)C. The second-order valence-corrected chi connectivity index (χ2v) is 11.7. The molecule has 1 aromatic heterocycles. The van der Waals surface area contributed by atoms with Gasteiger partial charge in [0.2, 0.25) is 11.8 Å². The zero-order chi connectivity index (χ0) is 27.6. The number of anilines is 2. The topological polar surface area (TPSA) is 128 Å². The zero-order valence-corrected chi connectivity index (χ0v) is 23.3. The minimum Gasteiger partial charge on any atom is -0.391 e. The predicted molar refractivity (Wildman–Crippen MR) is 149 cm³/mol. The van der Waals surface area contributed by atoms with Gasteiger partial charge >= 0.3 is 0 Å². The standard InChI is InChI=1S/C27H38ClN7O3/c1-17-13-18(36)15-35(17)26(38)24(27(2,3)4)30-23(37)16-33-9-11-34(12-10-33)22-14-21(31-32-25(22)29)19-7-5-6-8-20(19)28/h5-8,14,17-18,24,36H,9-13,15-16H2,1-4H3,(H2,29,32)(H,30,37)/t17-,18-,24-/m1/s1. The second-order valence-electron chi connectivity index (χ2n) is 11.3. The molecule has 0 saturated carbocycles. The molecule has 2 aliphatic heterocycles. The van der Waals surface area contributed by atoms with Gasteiger partial charge in [0.1, 0.15) is 6.04 Å². The third kappa shape index (κ3) is 6.36. The number of nitrogens with zero attached hydrogens (tertiary/aromatic N) is 5. The van der Waals surface area contributed by atoms with Crippen molar-refractivity contribution in [3.63, 3.8) is 0 Å². The fraction of sp³-hybridized carbons (Fsp3) is 0.556. The highest BCUT2D eigenvalue weighted by Crippen LogP contribution is 2.31. The Morgan fingerprint density at radius 3 is 2.47 bits per heavy atom. The Labute approximate surface area is 229 Å². The number of rotatable bonds is 6. The number of likely N-dealkylation sites (tertiary alicyclic amines) is 1. The number of amides is 2. The van der Waals surface area contributed by atoms with Crippen molar-refractivity contribution in [2.45, 2.75) is 52.3 Å². The highest BCUT2D eigenvalue weighted by Gasteiger charge is 2.40. The van der Waals surface area contributed by atoms with Crippen LogP contribution in [0.1, 0.15) is 34.1 Å². The fourth-order valence-corrected chi connectivity index (χ4v) is 5.36. The van der Waals surface area contributed by atoms with Gasteiger partial charge in [-0.25, -0.2) is 0 Å². The van der Waals surface area contributed by atoms with Crippen LogP contribution in [0.3, 0.4) is 0 Å². The van der Waals surface area contributed by atoms with Crippen LogP contribution in [0.5, 0.6) is 0 Å². The number of hydrogen-bond donors (Lipinski definition) is 3. The summed E-state index contributed by atoms with van der Waals surface area (Å²) in [4.78, 5) is 32.2. The van der Waals surface area contributed by atoms with Crippen molar-refractivity contribution in [2.75, 3.05) is 49.9 Å². The summed E-state index contributed by atoms with van der Waals surface area (Å²) in [5, 5.41) is 21.9. The molecule has 0 radical (unpaired) electrons. The number of β-amino-alcohol motifs (C(OH)–C–C–N with tert-alkyl or cyclic N) is 1. The molecule has 10 nitrogen and oxygen atoms in total. The number of aliphatic hydroxyl groups excluding tert-OH is 1. The second kappa shape index (κ2) is 11.4. The summed E-state index contributed by atoms with van der Waals surface area (Å²) >= 11 is 6.35. The van der Waals surface area contributed by atoms with Gasteiger partial charge in [-0.05, 0) is 30.9 Å². The van der Waals surface area contributed by atoms with Crippen LogP contribution in [0.25, 0.3) is 11.3 Å². The van der Waals surface area contributed by atoms with Crippen LogP contribution in [-0.2, 0) is 9.59 Å². The molecule has 3 heterocycles. The van der Waals surface area contributed by atoms with Crippen molar-refractivity contribution < 1.29 is 14.7 Å². The van der Waals surface area contributed by atoms with Gasteiger partial charge in [0.15, 0.2) is 5.82 Å². The Morgan fingerprint density at radius 1 is 1.18 bits per heavy atom. The van der Waals surface area contributed by atoms with E-state index in [9.17, 15) is 14.7 Å². The molecule has 0 aliphatic carbocycles.